The third-order valence-electron chi connectivity index (χ3n) is 4.02. The van der Waals surface area contributed by atoms with Crippen LogP contribution in [0, 0.1) is 0 Å². The summed E-state index contributed by atoms with van der Waals surface area (Å²) in [6.45, 7) is 4.62. The quantitative estimate of drug-likeness (QED) is 0.832. The van der Waals surface area contributed by atoms with E-state index in [9.17, 15) is 4.79 Å². The maximum Gasteiger partial charge on any atom is 0.156 e. The zero-order valence-electron chi connectivity index (χ0n) is 12.3. The van der Waals surface area contributed by atoms with Gasteiger partial charge in [-0.05, 0) is 50.2 Å². The molecule has 0 aromatic heterocycles. The number of hydrogen-bond acceptors (Lipinski definition) is 4. The molecule has 1 aromatic rings. The molecule has 2 aliphatic rings. The van der Waals surface area contributed by atoms with E-state index in [0.717, 1.165) is 24.6 Å². The van der Waals surface area contributed by atoms with E-state index in [1.807, 2.05) is 41.4 Å². The zero-order valence-corrected chi connectivity index (χ0v) is 12.3. The number of ketones is 1. The van der Waals surface area contributed by atoms with Crippen LogP contribution in [0.15, 0.2) is 36.5 Å². The first kappa shape index (κ1) is 14.1. The Morgan fingerprint density at radius 3 is 2.57 bits per heavy atom. The van der Waals surface area contributed by atoms with Crippen molar-refractivity contribution in [2.24, 2.45) is 0 Å². The minimum atomic E-state index is 0.253. The molecule has 0 N–H and O–H groups in total. The second-order valence-electron chi connectivity index (χ2n) is 5.65. The summed E-state index contributed by atoms with van der Waals surface area (Å²) in [5.41, 5.74) is 1.03. The Bertz CT molecular complexity index is 504. The van der Waals surface area contributed by atoms with Crippen molar-refractivity contribution in [2.75, 3.05) is 37.7 Å². The number of anilines is 1. The van der Waals surface area contributed by atoms with Crippen molar-refractivity contribution in [3.8, 4) is 5.75 Å². The first-order chi connectivity index (χ1) is 10.3. The van der Waals surface area contributed by atoms with Crippen molar-refractivity contribution in [3.05, 3.63) is 36.5 Å². The molecule has 0 unspecified atom stereocenters. The number of likely N-dealkylation sites (tertiary alicyclic amines) is 1. The Morgan fingerprint density at radius 2 is 1.86 bits per heavy atom. The summed E-state index contributed by atoms with van der Waals surface area (Å²) < 4.78 is 5.79. The summed E-state index contributed by atoms with van der Waals surface area (Å²) in [6.07, 6.45) is 7.07. The predicted octanol–water partition coefficient (Wildman–Crippen LogP) is 2.45. The molecule has 0 aliphatic carbocycles. The van der Waals surface area contributed by atoms with Gasteiger partial charge in [-0.3, -0.25) is 9.69 Å². The molecule has 4 heteroatoms. The van der Waals surface area contributed by atoms with E-state index < -0.39 is 0 Å². The topological polar surface area (TPSA) is 32.8 Å². The average molecular weight is 286 g/mol. The smallest absolute Gasteiger partial charge is 0.156 e. The molecule has 3 rings (SSSR count). The first-order valence-corrected chi connectivity index (χ1v) is 7.71. The number of ether oxygens (including phenoxy) is 1. The fourth-order valence-electron chi connectivity index (χ4n) is 2.83. The molecule has 0 spiro atoms. The molecule has 0 radical (unpaired) electrons. The molecule has 112 valence electrons. The summed E-state index contributed by atoms with van der Waals surface area (Å²) in [5.74, 6) is 1.15. The Hall–Kier alpha value is -1.81. The van der Waals surface area contributed by atoms with Gasteiger partial charge in [0.1, 0.15) is 12.4 Å². The molecule has 21 heavy (non-hydrogen) atoms. The Balaban J connectivity index is 1.50. The van der Waals surface area contributed by atoms with Gasteiger partial charge in [0.05, 0.1) is 6.54 Å². The number of nitrogens with zero attached hydrogens (tertiary/aromatic N) is 2. The number of hydrogen-bond donors (Lipinski definition) is 0. The summed E-state index contributed by atoms with van der Waals surface area (Å²) in [5, 5.41) is 0. The highest BCUT2D eigenvalue weighted by atomic mass is 16.5. The number of allylic oxidation sites excluding steroid dienone is 1. The molecular weight excluding hydrogens is 264 g/mol. The molecule has 2 heterocycles. The van der Waals surface area contributed by atoms with Crippen LogP contribution in [0.2, 0.25) is 0 Å². The van der Waals surface area contributed by atoms with Crippen LogP contribution in [-0.4, -0.2) is 43.5 Å². The lowest BCUT2D eigenvalue weighted by molar-refractivity contribution is -0.117. The maximum absolute atomic E-state index is 11.5. The molecule has 0 saturated carbocycles. The SMILES string of the molecule is O=C1CC=CN(c2ccc(OCCN3CCCC3)cc2)C1. The lowest BCUT2D eigenvalue weighted by Crippen LogP contribution is -2.27. The van der Waals surface area contributed by atoms with Crippen molar-refractivity contribution in [3.63, 3.8) is 0 Å². The van der Waals surface area contributed by atoms with Crippen LogP contribution in [0.3, 0.4) is 0 Å². The van der Waals surface area contributed by atoms with E-state index in [-0.39, 0.29) is 5.78 Å². The molecule has 0 bridgehead atoms. The average Bonchev–Trinajstić information content (AvgIpc) is 3.01. The zero-order chi connectivity index (χ0) is 14.5. The molecule has 1 aromatic carbocycles. The van der Waals surface area contributed by atoms with Gasteiger partial charge in [0.25, 0.3) is 0 Å². The molecule has 1 saturated heterocycles. The minimum absolute atomic E-state index is 0.253. The second-order valence-corrected chi connectivity index (χ2v) is 5.65. The maximum atomic E-state index is 11.5. The van der Waals surface area contributed by atoms with Gasteiger partial charge in [-0.15, -0.1) is 0 Å². The van der Waals surface area contributed by atoms with Crippen molar-refractivity contribution in [2.45, 2.75) is 19.3 Å². The van der Waals surface area contributed by atoms with Gasteiger partial charge in [-0.25, -0.2) is 0 Å². The fourth-order valence-corrected chi connectivity index (χ4v) is 2.83. The number of carbonyl (C=O) groups excluding carboxylic acids is 1. The summed E-state index contributed by atoms with van der Waals surface area (Å²) in [4.78, 5) is 15.9. The molecular formula is C17H22N2O2. The van der Waals surface area contributed by atoms with Crippen molar-refractivity contribution >= 4 is 11.5 Å². The molecule has 4 nitrogen and oxygen atoms in total. The third kappa shape index (κ3) is 3.85. The number of Topliss-reactive ketones (excluding diaryl/α,β-unsaturated/α-hetero) is 1. The van der Waals surface area contributed by atoms with Crippen molar-refractivity contribution in [1.29, 1.82) is 0 Å². The molecule has 2 aliphatic heterocycles. The minimum Gasteiger partial charge on any atom is -0.492 e. The second kappa shape index (κ2) is 6.76. The summed E-state index contributed by atoms with van der Waals surface area (Å²) >= 11 is 0. The molecule has 0 amide bonds. The first-order valence-electron chi connectivity index (χ1n) is 7.71. The Kier molecular flexibility index (Phi) is 4.55. The number of rotatable bonds is 5. The molecule has 0 atom stereocenters. The van der Waals surface area contributed by atoms with E-state index in [0.29, 0.717) is 13.0 Å². The lowest BCUT2D eigenvalue weighted by atomic mass is 10.2. The van der Waals surface area contributed by atoms with Crippen molar-refractivity contribution < 1.29 is 9.53 Å². The Morgan fingerprint density at radius 1 is 1.10 bits per heavy atom. The van der Waals surface area contributed by atoms with E-state index in [2.05, 4.69) is 4.90 Å². The largest absolute Gasteiger partial charge is 0.492 e. The van der Waals surface area contributed by atoms with Gasteiger partial charge < -0.3 is 9.64 Å². The van der Waals surface area contributed by atoms with Crippen LogP contribution < -0.4 is 9.64 Å². The van der Waals surface area contributed by atoms with E-state index in [1.165, 1.54) is 25.9 Å². The van der Waals surface area contributed by atoms with Crippen LogP contribution in [0.5, 0.6) is 5.75 Å². The van der Waals surface area contributed by atoms with Gasteiger partial charge >= 0.3 is 0 Å². The van der Waals surface area contributed by atoms with E-state index in [1.54, 1.807) is 0 Å². The van der Waals surface area contributed by atoms with E-state index >= 15 is 0 Å². The van der Waals surface area contributed by atoms with Crippen LogP contribution >= 0.6 is 0 Å². The highest BCUT2D eigenvalue weighted by Crippen LogP contribution is 2.21. The normalized spacial score (nSPS) is 19.2. The van der Waals surface area contributed by atoms with Gasteiger partial charge in [0.2, 0.25) is 0 Å². The van der Waals surface area contributed by atoms with Gasteiger partial charge in [-0.1, -0.05) is 6.08 Å². The standard InChI is InChI=1S/C17H22N2O2/c20-16-4-3-11-19(14-16)15-5-7-17(8-6-15)21-13-12-18-9-1-2-10-18/h3,5-8,11H,1-2,4,9-10,12-14H2. The fraction of sp³-hybridized carbons (Fsp3) is 0.471. The Labute approximate surface area is 126 Å². The highest BCUT2D eigenvalue weighted by Gasteiger charge is 2.13. The van der Waals surface area contributed by atoms with Gasteiger partial charge in [0, 0.05) is 24.9 Å². The number of carbonyl (C=O) groups is 1. The van der Waals surface area contributed by atoms with Gasteiger partial charge in [0.15, 0.2) is 5.78 Å². The van der Waals surface area contributed by atoms with E-state index in [4.69, 9.17) is 4.74 Å². The molecule has 1 fully saturated rings. The van der Waals surface area contributed by atoms with Crippen LogP contribution in [0.25, 0.3) is 0 Å². The van der Waals surface area contributed by atoms with Gasteiger partial charge in [-0.2, -0.15) is 0 Å². The van der Waals surface area contributed by atoms with Crippen LogP contribution in [0.1, 0.15) is 19.3 Å². The predicted molar refractivity (Wildman–Crippen MR) is 83.7 cm³/mol. The summed E-state index contributed by atoms with van der Waals surface area (Å²) in [7, 11) is 0. The van der Waals surface area contributed by atoms with Crippen LogP contribution in [0.4, 0.5) is 5.69 Å². The summed E-state index contributed by atoms with van der Waals surface area (Å²) in [6, 6.07) is 7.97. The third-order valence-corrected chi connectivity index (χ3v) is 4.02. The lowest BCUT2D eigenvalue weighted by Gasteiger charge is -2.22. The van der Waals surface area contributed by atoms with Crippen molar-refractivity contribution in [1.82, 2.24) is 4.90 Å². The van der Waals surface area contributed by atoms with Crippen LogP contribution in [-0.2, 0) is 4.79 Å². The highest BCUT2D eigenvalue weighted by molar-refractivity contribution is 5.86. The monoisotopic (exact) mass is 286 g/mol. The number of benzene rings is 1.